The molecular formula is C54H52IrN4O-2. The van der Waals surface area contributed by atoms with Crippen molar-refractivity contribution in [1.29, 1.82) is 0 Å². The van der Waals surface area contributed by atoms with E-state index in [9.17, 15) is 2.74 Å². The van der Waals surface area contributed by atoms with Gasteiger partial charge in [0.05, 0.1) is 12.2 Å². The molecule has 0 bridgehead atoms. The first-order chi connectivity index (χ1) is 33.2. The van der Waals surface area contributed by atoms with E-state index in [2.05, 4.69) is 31.9 Å². The van der Waals surface area contributed by atoms with Crippen LogP contribution in [0.1, 0.15) is 112 Å². The Labute approximate surface area is 387 Å². The van der Waals surface area contributed by atoms with Crippen LogP contribution in [0.5, 0.6) is 0 Å². The second kappa shape index (κ2) is 18.3. The van der Waals surface area contributed by atoms with Crippen molar-refractivity contribution in [2.45, 2.75) is 87.2 Å². The van der Waals surface area contributed by atoms with E-state index in [0.29, 0.717) is 66.8 Å². The minimum absolute atomic E-state index is 0. The number of aromatic nitrogens is 3. The van der Waals surface area contributed by atoms with Gasteiger partial charge < -0.3 is 14.4 Å². The quantitative estimate of drug-likeness (QED) is 0.149. The summed E-state index contributed by atoms with van der Waals surface area (Å²) in [5, 5.41) is 1.30. The van der Waals surface area contributed by atoms with Crippen LogP contribution in [0.15, 0.2) is 114 Å². The first kappa shape index (κ1) is 29.5. The van der Waals surface area contributed by atoms with Crippen LogP contribution in [0.4, 0.5) is 5.69 Å². The van der Waals surface area contributed by atoms with Crippen molar-refractivity contribution >= 4 is 27.8 Å². The molecule has 4 aromatic heterocycles. The fourth-order valence-corrected chi connectivity index (χ4v) is 6.91. The molecule has 0 aliphatic rings. The molecule has 0 spiro atoms. The summed E-state index contributed by atoms with van der Waals surface area (Å²) in [7, 11) is 0. The molecule has 0 aliphatic carbocycles. The van der Waals surface area contributed by atoms with Crippen molar-refractivity contribution < 1.29 is 42.3 Å². The van der Waals surface area contributed by atoms with Gasteiger partial charge in [0.2, 0.25) is 5.71 Å². The predicted molar refractivity (Wildman–Crippen MR) is 245 cm³/mol. The van der Waals surface area contributed by atoms with Gasteiger partial charge in [-0.2, -0.15) is 6.07 Å². The zero-order valence-electron chi connectivity index (χ0n) is 47.4. The van der Waals surface area contributed by atoms with Gasteiger partial charge >= 0.3 is 0 Å². The number of pyridine rings is 3. The van der Waals surface area contributed by atoms with Crippen molar-refractivity contribution in [3.63, 3.8) is 0 Å². The van der Waals surface area contributed by atoms with Gasteiger partial charge in [-0.3, -0.25) is 4.85 Å². The molecule has 5 nitrogen and oxygen atoms in total. The molecular weight excluding hydrogens is 913 g/mol. The Morgan fingerprint density at radius 2 is 1.48 bits per heavy atom. The molecule has 0 aliphatic heterocycles. The average molecular weight is 978 g/mol. The monoisotopic (exact) mass is 978 g/mol. The minimum atomic E-state index is -2.56. The molecule has 0 fully saturated rings. The summed E-state index contributed by atoms with van der Waals surface area (Å²) in [6.45, 7) is 11.8. The first-order valence-corrected chi connectivity index (χ1v) is 19.1. The van der Waals surface area contributed by atoms with E-state index in [4.69, 9.17) is 26.1 Å². The van der Waals surface area contributed by atoms with E-state index < -0.39 is 44.1 Å². The SMILES string of the molecule is [2H]C([2H])([2H])c1ccc2c(n1)oc1c(-c3cc(-c4c(C([2H])(C)C)cc(-c5ccccc5)cc4C([2H])(C)C)c(C([2H])([2H])[2H])cn3)[c-]ccc12.[2H]C([2H])([2H])c1cnc(-c2[c-]ccc([N+]#[C-])c2)cc1C([2H])([2H])C(C)(C)C.[Ir]. The maximum Gasteiger partial charge on any atom is 0.216 e. The van der Waals surface area contributed by atoms with Gasteiger partial charge in [0, 0.05) is 61.4 Å². The van der Waals surface area contributed by atoms with Crippen molar-refractivity contribution in [2.75, 3.05) is 0 Å². The van der Waals surface area contributed by atoms with E-state index in [0.717, 1.165) is 11.1 Å². The standard InChI is InChI=1S/C36H33N2O.C18H19N2.Ir/c1-21(2)30-17-26(25-11-8-7-9-12-25)18-31(22(3)4)34(30)32-19-33(37-20-23(32)5)29-14-10-13-27-28-16-15-24(6)38-36(28)39-35(27)29;1-13-12-20-17(10-15(13)11-18(2,3)4)14-7-6-8-16(9-14)19-5;/h7-13,15-22H,1-6H3;6,8-10,12H,11H2,1-4H3;/q2*-1;/i5D3,6D3,21D,22D;1D3,11D2;. The van der Waals surface area contributed by atoms with Crippen molar-refractivity contribution in [3.8, 4) is 44.8 Å². The maximum atomic E-state index is 9.21. The number of hydrogen-bond acceptors (Lipinski definition) is 4. The third-order valence-electron chi connectivity index (χ3n) is 9.65. The molecule has 4 heterocycles. The number of hydrogen-bond donors (Lipinski definition) is 0. The molecule has 0 N–H and O–H groups in total. The topological polar surface area (TPSA) is 56.2 Å². The summed E-state index contributed by atoms with van der Waals surface area (Å²) in [5.41, 5.74) is 5.47. The molecule has 60 heavy (non-hydrogen) atoms. The molecule has 4 aromatic carbocycles. The maximum absolute atomic E-state index is 9.21. The van der Waals surface area contributed by atoms with Crippen molar-refractivity contribution in [1.82, 2.24) is 15.0 Å². The van der Waals surface area contributed by atoms with Crippen LogP contribution in [0.2, 0.25) is 0 Å². The third kappa shape index (κ3) is 9.50. The van der Waals surface area contributed by atoms with E-state index in [1.807, 2.05) is 42.5 Å². The number of fused-ring (bicyclic) bond motifs is 3. The molecule has 8 rings (SSSR count). The van der Waals surface area contributed by atoms with Crippen LogP contribution in [-0.4, -0.2) is 15.0 Å². The normalized spacial score (nSPS) is 15.8. The Balaban J connectivity index is 0.000000283. The van der Waals surface area contributed by atoms with E-state index >= 15 is 0 Å². The second-order valence-corrected chi connectivity index (χ2v) is 15.7. The molecule has 0 atom stereocenters. The Morgan fingerprint density at radius 3 is 2.15 bits per heavy atom. The van der Waals surface area contributed by atoms with Gasteiger partial charge in [0.1, 0.15) is 5.69 Å². The Kier molecular flexibility index (Phi) is 8.97. The van der Waals surface area contributed by atoms with Gasteiger partial charge in [-0.1, -0.05) is 120 Å². The van der Waals surface area contributed by atoms with Crippen molar-refractivity contribution in [3.05, 3.63) is 167 Å². The number of aryl methyl sites for hydroxylation is 3. The van der Waals surface area contributed by atoms with Crippen LogP contribution in [-0.2, 0) is 26.5 Å². The Hall–Kier alpha value is -5.73. The van der Waals surface area contributed by atoms with E-state index in [1.54, 1.807) is 90.9 Å². The number of rotatable bonds is 7. The first-order valence-electron chi connectivity index (χ1n) is 25.6. The van der Waals surface area contributed by atoms with Gasteiger partial charge in [-0.05, 0) is 112 Å². The summed E-state index contributed by atoms with van der Waals surface area (Å²) in [6.07, 6.45) is 0.649. The summed E-state index contributed by atoms with van der Waals surface area (Å²) in [5.74, 6) is -2.35. The molecule has 6 heteroatoms. The van der Waals surface area contributed by atoms with Crippen LogP contribution < -0.4 is 0 Å². The zero-order valence-corrected chi connectivity index (χ0v) is 36.8. The fourth-order valence-electron chi connectivity index (χ4n) is 6.91. The Morgan fingerprint density at radius 1 is 0.783 bits per heavy atom. The summed E-state index contributed by atoms with van der Waals surface area (Å²) >= 11 is 0. The molecule has 305 valence electrons. The molecule has 0 unspecified atom stereocenters. The van der Waals surface area contributed by atoms with E-state index in [1.165, 1.54) is 24.5 Å². The molecule has 0 saturated heterocycles. The number of furan rings is 1. The minimum Gasteiger partial charge on any atom is -0.486 e. The second-order valence-electron chi connectivity index (χ2n) is 15.7. The smallest absolute Gasteiger partial charge is 0.216 e. The number of benzene rings is 4. The van der Waals surface area contributed by atoms with E-state index in [-0.39, 0.29) is 48.2 Å². The molecule has 0 amide bonds. The fraction of sp³-hybridized carbons (Fsp3) is 0.259. The molecule has 0 saturated carbocycles. The van der Waals surface area contributed by atoms with Gasteiger partial charge in [0.25, 0.3) is 0 Å². The van der Waals surface area contributed by atoms with Crippen LogP contribution in [0, 0.1) is 44.7 Å². The van der Waals surface area contributed by atoms with Gasteiger partial charge in [-0.15, -0.1) is 42.0 Å². The largest absolute Gasteiger partial charge is 0.486 e. The van der Waals surface area contributed by atoms with Crippen LogP contribution in [0.25, 0.3) is 71.7 Å². The van der Waals surface area contributed by atoms with Crippen molar-refractivity contribution in [2.24, 2.45) is 5.41 Å². The molecule has 8 aromatic rings. The van der Waals surface area contributed by atoms with Crippen LogP contribution in [0.3, 0.4) is 0 Å². The third-order valence-corrected chi connectivity index (χ3v) is 9.65. The molecule has 1 radical (unpaired) electrons. The summed E-state index contributed by atoms with van der Waals surface area (Å²) in [6, 6.07) is 34.2. The summed E-state index contributed by atoms with van der Waals surface area (Å²) in [4.78, 5) is 16.4. The zero-order chi connectivity index (χ0) is 53.1. The average Bonchev–Trinajstić information content (AvgIpc) is 3.68. The van der Waals surface area contributed by atoms with Gasteiger partial charge in [-0.25, -0.2) is 4.98 Å². The predicted octanol–water partition coefficient (Wildman–Crippen LogP) is 15.0. The van der Waals surface area contributed by atoms with Crippen LogP contribution >= 0.6 is 0 Å². The number of nitrogens with zero attached hydrogens (tertiary/aromatic N) is 4. The Bertz CT molecular complexity index is 3340. The summed E-state index contributed by atoms with van der Waals surface area (Å²) < 4.78 is 113. The van der Waals surface area contributed by atoms with Gasteiger partial charge in [0.15, 0.2) is 0 Å².